The van der Waals surface area contributed by atoms with Crippen LogP contribution < -0.4 is 4.74 Å². The van der Waals surface area contributed by atoms with Crippen molar-refractivity contribution in [3.8, 4) is 16.9 Å². The number of hydrogen-bond acceptors (Lipinski definition) is 1. The molecular weight excluding hydrogens is 311 g/mol. The van der Waals surface area contributed by atoms with Crippen molar-refractivity contribution >= 4 is 0 Å². The molecule has 1 saturated carbocycles. The van der Waals surface area contributed by atoms with E-state index in [9.17, 15) is 4.39 Å². The Morgan fingerprint density at radius 3 is 2.52 bits per heavy atom. The Morgan fingerprint density at radius 1 is 1.08 bits per heavy atom. The molecule has 0 saturated heterocycles. The van der Waals surface area contributed by atoms with Gasteiger partial charge in [-0.2, -0.15) is 0 Å². The Hall–Kier alpha value is -1.83. The summed E-state index contributed by atoms with van der Waals surface area (Å²) >= 11 is 0. The van der Waals surface area contributed by atoms with Crippen molar-refractivity contribution in [1.29, 1.82) is 0 Å². The lowest BCUT2D eigenvalue weighted by Gasteiger charge is -2.22. The highest BCUT2D eigenvalue weighted by Crippen LogP contribution is 2.44. The molecule has 1 fully saturated rings. The summed E-state index contributed by atoms with van der Waals surface area (Å²) < 4.78 is 19.9. The van der Waals surface area contributed by atoms with Gasteiger partial charge < -0.3 is 4.74 Å². The van der Waals surface area contributed by atoms with Gasteiger partial charge in [-0.1, -0.05) is 51.8 Å². The van der Waals surface area contributed by atoms with Gasteiger partial charge in [0.15, 0.2) is 0 Å². The Kier molecular flexibility index (Phi) is 5.46. The lowest BCUT2D eigenvalue weighted by Crippen LogP contribution is -2.06. The average Bonchev–Trinajstić information content (AvgIpc) is 3.01. The van der Waals surface area contributed by atoms with Crippen molar-refractivity contribution in [2.75, 3.05) is 7.11 Å². The maximum absolute atomic E-state index is 14.6. The standard InChI is InChI=1S/C23H29FO/c1-15(2)12-17-8-10-20(21(13-17)19-7-5-6-16(19)3)22-14-18(25-4)9-11-23(22)24/h8-11,13-16,19H,5-7,12H2,1-4H3/t16-,19-/m1/s1. The molecule has 0 amide bonds. The van der Waals surface area contributed by atoms with E-state index in [0.29, 0.717) is 29.1 Å². The molecule has 2 aromatic rings. The number of methoxy groups -OCH3 is 1. The van der Waals surface area contributed by atoms with Gasteiger partial charge in [0.25, 0.3) is 0 Å². The molecule has 0 radical (unpaired) electrons. The fraction of sp³-hybridized carbons (Fsp3) is 0.478. The molecule has 2 aromatic carbocycles. The predicted octanol–water partition coefficient (Wildman–Crippen LogP) is 6.60. The molecule has 2 atom stereocenters. The van der Waals surface area contributed by atoms with Crippen molar-refractivity contribution in [2.45, 2.75) is 52.4 Å². The molecule has 0 bridgehead atoms. The van der Waals surface area contributed by atoms with E-state index in [4.69, 9.17) is 4.74 Å². The summed E-state index contributed by atoms with van der Waals surface area (Å²) in [4.78, 5) is 0. The van der Waals surface area contributed by atoms with E-state index in [1.54, 1.807) is 13.2 Å². The zero-order valence-electron chi connectivity index (χ0n) is 15.8. The van der Waals surface area contributed by atoms with Crippen LogP contribution in [-0.4, -0.2) is 7.11 Å². The summed E-state index contributed by atoms with van der Waals surface area (Å²) in [5.74, 6) is 2.32. The number of benzene rings is 2. The van der Waals surface area contributed by atoms with Gasteiger partial charge in [0.05, 0.1) is 7.11 Å². The van der Waals surface area contributed by atoms with Crippen LogP contribution in [0.25, 0.3) is 11.1 Å². The molecule has 2 heteroatoms. The zero-order chi connectivity index (χ0) is 18.0. The second-order valence-corrected chi connectivity index (χ2v) is 7.88. The maximum atomic E-state index is 14.6. The Labute approximate surface area is 151 Å². The summed E-state index contributed by atoms with van der Waals surface area (Å²) in [7, 11) is 1.63. The van der Waals surface area contributed by atoms with E-state index < -0.39 is 0 Å². The first-order valence-corrected chi connectivity index (χ1v) is 9.46. The van der Waals surface area contributed by atoms with Crippen LogP contribution in [0.5, 0.6) is 5.75 Å². The highest BCUT2D eigenvalue weighted by atomic mass is 19.1. The van der Waals surface area contributed by atoms with E-state index in [-0.39, 0.29) is 5.82 Å². The summed E-state index contributed by atoms with van der Waals surface area (Å²) in [6, 6.07) is 11.6. The number of ether oxygens (including phenoxy) is 1. The quantitative estimate of drug-likeness (QED) is 0.595. The highest BCUT2D eigenvalue weighted by molar-refractivity contribution is 5.71. The Bertz CT molecular complexity index is 735. The molecule has 0 aromatic heterocycles. The largest absolute Gasteiger partial charge is 0.497 e. The first-order chi connectivity index (χ1) is 12.0. The molecular formula is C23H29FO. The predicted molar refractivity (Wildman–Crippen MR) is 103 cm³/mol. The van der Waals surface area contributed by atoms with Gasteiger partial charge in [0, 0.05) is 5.56 Å². The van der Waals surface area contributed by atoms with Crippen LogP contribution in [0.1, 0.15) is 57.1 Å². The number of rotatable bonds is 5. The van der Waals surface area contributed by atoms with E-state index in [1.807, 2.05) is 6.07 Å². The molecule has 0 aliphatic heterocycles. The van der Waals surface area contributed by atoms with Gasteiger partial charge in [-0.05, 0) is 65.5 Å². The lowest BCUT2D eigenvalue weighted by molar-refractivity contribution is 0.414. The molecule has 3 rings (SSSR count). The maximum Gasteiger partial charge on any atom is 0.131 e. The molecule has 0 N–H and O–H groups in total. The molecule has 0 unspecified atom stereocenters. The van der Waals surface area contributed by atoms with Crippen molar-refractivity contribution in [3.63, 3.8) is 0 Å². The molecule has 134 valence electrons. The van der Waals surface area contributed by atoms with Crippen LogP contribution in [-0.2, 0) is 6.42 Å². The second kappa shape index (κ2) is 7.59. The zero-order valence-corrected chi connectivity index (χ0v) is 15.8. The van der Waals surface area contributed by atoms with Gasteiger partial charge >= 0.3 is 0 Å². The van der Waals surface area contributed by atoms with Crippen LogP contribution in [0, 0.1) is 17.7 Å². The van der Waals surface area contributed by atoms with Crippen LogP contribution in [0.3, 0.4) is 0 Å². The third-order valence-corrected chi connectivity index (χ3v) is 5.48. The summed E-state index contributed by atoms with van der Waals surface area (Å²) in [5.41, 5.74) is 4.36. The number of halogens is 1. The van der Waals surface area contributed by atoms with Gasteiger partial charge in [-0.3, -0.25) is 0 Å². The third kappa shape index (κ3) is 3.89. The summed E-state index contributed by atoms with van der Waals surface area (Å²) in [6.45, 7) is 6.82. The van der Waals surface area contributed by atoms with E-state index in [0.717, 1.165) is 12.0 Å². The smallest absolute Gasteiger partial charge is 0.131 e. The molecule has 1 aliphatic rings. The van der Waals surface area contributed by atoms with Crippen molar-refractivity contribution in [3.05, 3.63) is 53.3 Å². The molecule has 0 heterocycles. The summed E-state index contributed by atoms with van der Waals surface area (Å²) in [5, 5.41) is 0. The molecule has 0 spiro atoms. The van der Waals surface area contributed by atoms with Gasteiger partial charge in [0.1, 0.15) is 11.6 Å². The Balaban J connectivity index is 2.12. The lowest BCUT2D eigenvalue weighted by atomic mass is 9.83. The van der Waals surface area contributed by atoms with Gasteiger partial charge in [-0.15, -0.1) is 0 Å². The molecule has 1 nitrogen and oxygen atoms in total. The fourth-order valence-corrected chi connectivity index (χ4v) is 4.21. The first kappa shape index (κ1) is 18.0. The molecule has 25 heavy (non-hydrogen) atoms. The van der Waals surface area contributed by atoms with Crippen LogP contribution in [0.4, 0.5) is 4.39 Å². The minimum atomic E-state index is -0.177. The number of hydrogen-bond donors (Lipinski definition) is 0. The molecule has 1 aliphatic carbocycles. The minimum absolute atomic E-state index is 0.177. The topological polar surface area (TPSA) is 9.23 Å². The monoisotopic (exact) mass is 340 g/mol. The van der Waals surface area contributed by atoms with Crippen molar-refractivity contribution < 1.29 is 9.13 Å². The van der Waals surface area contributed by atoms with Crippen molar-refractivity contribution in [1.82, 2.24) is 0 Å². The van der Waals surface area contributed by atoms with E-state index >= 15 is 0 Å². The van der Waals surface area contributed by atoms with E-state index in [1.165, 1.54) is 36.5 Å². The highest BCUT2D eigenvalue weighted by Gasteiger charge is 2.28. The van der Waals surface area contributed by atoms with Crippen molar-refractivity contribution in [2.24, 2.45) is 11.8 Å². The van der Waals surface area contributed by atoms with E-state index in [2.05, 4.69) is 39.0 Å². The minimum Gasteiger partial charge on any atom is -0.497 e. The summed E-state index contributed by atoms with van der Waals surface area (Å²) in [6.07, 6.45) is 4.79. The van der Waals surface area contributed by atoms with Gasteiger partial charge in [-0.25, -0.2) is 4.39 Å². The third-order valence-electron chi connectivity index (χ3n) is 5.48. The fourth-order valence-electron chi connectivity index (χ4n) is 4.21. The second-order valence-electron chi connectivity index (χ2n) is 7.88. The normalized spacial score (nSPS) is 20.2. The van der Waals surface area contributed by atoms with Gasteiger partial charge in [0.2, 0.25) is 0 Å². The Morgan fingerprint density at radius 2 is 1.88 bits per heavy atom. The van der Waals surface area contributed by atoms with Crippen LogP contribution in [0.2, 0.25) is 0 Å². The first-order valence-electron chi connectivity index (χ1n) is 9.46. The SMILES string of the molecule is COc1ccc(F)c(-c2ccc(CC(C)C)cc2[C@@H]2CCC[C@H]2C)c1. The van der Waals surface area contributed by atoms with Crippen LogP contribution in [0.15, 0.2) is 36.4 Å². The van der Waals surface area contributed by atoms with Crippen LogP contribution >= 0.6 is 0 Å². The average molecular weight is 340 g/mol.